The fourth-order valence-corrected chi connectivity index (χ4v) is 4.07. The molecule has 1 aliphatic carbocycles. The largest absolute Gasteiger partial charge is 0.277 e. The van der Waals surface area contributed by atoms with Gasteiger partial charge in [0.1, 0.15) is 0 Å². The fraction of sp³-hybridized carbons (Fsp3) is 0.167. The lowest BCUT2D eigenvalue weighted by Crippen LogP contribution is -2.26. The minimum Gasteiger partial charge on any atom is -0.277 e. The van der Waals surface area contributed by atoms with E-state index in [0.29, 0.717) is 0 Å². The van der Waals surface area contributed by atoms with Crippen LogP contribution in [0.5, 0.6) is 0 Å². The summed E-state index contributed by atoms with van der Waals surface area (Å²) in [6.07, 6.45) is 2.87. The first-order valence-electron chi connectivity index (χ1n) is 9.32. The highest BCUT2D eigenvalue weighted by Crippen LogP contribution is 2.44. The van der Waals surface area contributed by atoms with Crippen LogP contribution in [0.15, 0.2) is 72.9 Å². The van der Waals surface area contributed by atoms with Crippen LogP contribution in [-0.4, -0.2) is 15.2 Å². The first-order chi connectivity index (χ1) is 13.1. The lowest BCUT2D eigenvalue weighted by atomic mass is 9.74. The normalized spacial score (nSPS) is 14.4. The lowest BCUT2D eigenvalue weighted by Gasteiger charge is -2.31. The Bertz CT molecular complexity index is 1110. The molecule has 0 radical (unpaired) electrons. The number of rotatable bonds is 2. The van der Waals surface area contributed by atoms with Crippen LogP contribution in [0.4, 0.5) is 0 Å². The zero-order valence-electron chi connectivity index (χ0n) is 15.5. The molecule has 0 atom stereocenters. The molecule has 3 heteroatoms. The van der Waals surface area contributed by atoms with Crippen molar-refractivity contribution in [2.75, 3.05) is 0 Å². The van der Waals surface area contributed by atoms with Gasteiger partial charge in [0.05, 0.1) is 23.3 Å². The molecular weight excluding hydrogens is 330 g/mol. The molecule has 0 amide bonds. The van der Waals surface area contributed by atoms with E-state index >= 15 is 0 Å². The zero-order valence-corrected chi connectivity index (χ0v) is 15.5. The standard InChI is InChI=1S/C24H21N3/c1-24(2)14-21-19(23-20(24)15-25-27-23)13-18(16-9-5-3-6-10-16)22(26-21)17-11-7-4-8-12-17/h3-13,15H,14H2,1-2H3,(H,25,27). The average Bonchev–Trinajstić information content (AvgIpc) is 3.20. The van der Waals surface area contributed by atoms with Gasteiger partial charge in [0.2, 0.25) is 0 Å². The van der Waals surface area contributed by atoms with Gasteiger partial charge in [0.15, 0.2) is 0 Å². The minimum absolute atomic E-state index is 0.0184. The Hall–Kier alpha value is -3.20. The molecule has 0 saturated carbocycles. The molecule has 1 N–H and O–H groups in total. The molecule has 132 valence electrons. The topological polar surface area (TPSA) is 41.6 Å². The molecule has 0 fully saturated rings. The van der Waals surface area contributed by atoms with E-state index < -0.39 is 0 Å². The van der Waals surface area contributed by atoms with Crippen LogP contribution in [-0.2, 0) is 11.8 Å². The Morgan fingerprint density at radius 1 is 0.852 bits per heavy atom. The van der Waals surface area contributed by atoms with Crippen molar-refractivity contribution >= 4 is 0 Å². The summed E-state index contributed by atoms with van der Waals surface area (Å²) in [5.74, 6) is 0. The van der Waals surface area contributed by atoms with E-state index in [1.165, 1.54) is 16.7 Å². The average molecular weight is 351 g/mol. The highest BCUT2D eigenvalue weighted by Gasteiger charge is 2.34. The van der Waals surface area contributed by atoms with Gasteiger partial charge >= 0.3 is 0 Å². The van der Waals surface area contributed by atoms with Crippen molar-refractivity contribution < 1.29 is 0 Å². The molecule has 2 heterocycles. The van der Waals surface area contributed by atoms with Gasteiger partial charge < -0.3 is 0 Å². The Morgan fingerprint density at radius 3 is 2.22 bits per heavy atom. The van der Waals surface area contributed by atoms with E-state index in [1.54, 1.807) is 0 Å². The van der Waals surface area contributed by atoms with Gasteiger partial charge in [-0.25, -0.2) is 0 Å². The summed E-state index contributed by atoms with van der Waals surface area (Å²) in [5.41, 5.74) is 9.21. The quantitative estimate of drug-likeness (QED) is 0.508. The van der Waals surface area contributed by atoms with E-state index in [2.05, 4.69) is 78.6 Å². The van der Waals surface area contributed by atoms with Gasteiger partial charge in [-0.05, 0) is 23.5 Å². The second-order valence-corrected chi connectivity index (χ2v) is 7.83. The van der Waals surface area contributed by atoms with E-state index in [1.807, 2.05) is 18.3 Å². The monoisotopic (exact) mass is 351 g/mol. The number of nitrogens with one attached hydrogen (secondary N) is 1. The van der Waals surface area contributed by atoms with Crippen LogP contribution in [0.25, 0.3) is 33.6 Å². The first-order valence-corrected chi connectivity index (χ1v) is 9.32. The molecule has 0 saturated heterocycles. The summed E-state index contributed by atoms with van der Waals surface area (Å²) < 4.78 is 0. The number of benzene rings is 2. The Kier molecular flexibility index (Phi) is 3.51. The summed E-state index contributed by atoms with van der Waals surface area (Å²) >= 11 is 0. The molecule has 3 nitrogen and oxygen atoms in total. The second kappa shape index (κ2) is 5.92. The number of pyridine rings is 1. The third kappa shape index (κ3) is 2.58. The lowest BCUT2D eigenvalue weighted by molar-refractivity contribution is 0.510. The maximum Gasteiger partial charge on any atom is 0.0784 e. The van der Waals surface area contributed by atoms with Crippen LogP contribution in [0, 0.1) is 0 Å². The van der Waals surface area contributed by atoms with Crippen LogP contribution >= 0.6 is 0 Å². The van der Waals surface area contributed by atoms with Gasteiger partial charge in [0.25, 0.3) is 0 Å². The van der Waals surface area contributed by atoms with Gasteiger partial charge in [-0.1, -0.05) is 74.5 Å². The number of hydrogen-bond acceptors (Lipinski definition) is 2. The van der Waals surface area contributed by atoms with Crippen molar-refractivity contribution in [3.8, 4) is 33.6 Å². The Morgan fingerprint density at radius 2 is 1.52 bits per heavy atom. The third-order valence-corrected chi connectivity index (χ3v) is 5.48. The molecule has 2 aromatic carbocycles. The summed E-state index contributed by atoms with van der Waals surface area (Å²) in [6, 6.07) is 23.2. The molecule has 5 rings (SSSR count). The Balaban J connectivity index is 1.81. The molecular formula is C24H21N3. The highest BCUT2D eigenvalue weighted by molar-refractivity contribution is 5.86. The maximum atomic E-state index is 5.19. The first kappa shape index (κ1) is 16.0. The van der Waals surface area contributed by atoms with Crippen LogP contribution in [0.1, 0.15) is 25.1 Å². The zero-order chi connectivity index (χ0) is 18.4. The number of H-pyrrole nitrogens is 1. The molecule has 0 unspecified atom stereocenters. The minimum atomic E-state index is 0.0184. The van der Waals surface area contributed by atoms with Crippen molar-refractivity contribution in [1.29, 1.82) is 0 Å². The number of aromatic nitrogens is 3. The maximum absolute atomic E-state index is 5.19. The second-order valence-electron chi connectivity index (χ2n) is 7.83. The van der Waals surface area contributed by atoms with Crippen molar-refractivity contribution in [2.24, 2.45) is 0 Å². The van der Waals surface area contributed by atoms with E-state index in [4.69, 9.17) is 4.98 Å². The molecule has 0 spiro atoms. The van der Waals surface area contributed by atoms with Gasteiger partial charge in [-0.2, -0.15) is 5.10 Å². The predicted molar refractivity (Wildman–Crippen MR) is 109 cm³/mol. The molecule has 2 aromatic heterocycles. The number of hydrogen-bond donors (Lipinski definition) is 1. The van der Waals surface area contributed by atoms with Gasteiger partial charge in [0, 0.05) is 22.3 Å². The van der Waals surface area contributed by atoms with Gasteiger partial charge in [-0.15, -0.1) is 0 Å². The molecule has 4 aromatic rings. The van der Waals surface area contributed by atoms with E-state index in [0.717, 1.165) is 34.6 Å². The third-order valence-electron chi connectivity index (χ3n) is 5.48. The highest BCUT2D eigenvalue weighted by atomic mass is 15.1. The SMILES string of the molecule is CC1(C)Cc2nc(-c3ccccc3)c(-c3ccccc3)cc2-c2[nH]ncc21. The van der Waals surface area contributed by atoms with E-state index in [-0.39, 0.29) is 5.41 Å². The summed E-state index contributed by atoms with van der Waals surface area (Å²) in [6.45, 7) is 4.53. The van der Waals surface area contributed by atoms with Crippen LogP contribution in [0.3, 0.4) is 0 Å². The number of fused-ring (bicyclic) bond motifs is 3. The summed E-state index contributed by atoms with van der Waals surface area (Å²) in [7, 11) is 0. The van der Waals surface area contributed by atoms with Crippen molar-refractivity contribution in [1.82, 2.24) is 15.2 Å². The molecule has 0 bridgehead atoms. The Labute approximate surface area is 159 Å². The predicted octanol–water partition coefficient (Wildman–Crippen LogP) is 5.64. The smallest absolute Gasteiger partial charge is 0.0784 e. The number of aromatic amines is 1. The number of nitrogens with zero attached hydrogens (tertiary/aromatic N) is 2. The summed E-state index contributed by atoms with van der Waals surface area (Å²) in [4.78, 5) is 5.19. The van der Waals surface area contributed by atoms with Crippen LogP contribution < -0.4 is 0 Å². The molecule has 0 aliphatic heterocycles. The van der Waals surface area contributed by atoms with Crippen molar-refractivity contribution in [3.05, 3.63) is 84.2 Å². The molecule has 1 aliphatic rings. The van der Waals surface area contributed by atoms with Crippen molar-refractivity contribution in [3.63, 3.8) is 0 Å². The summed E-state index contributed by atoms with van der Waals surface area (Å²) in [5, 5.41) is 7.55. The fourth-order valence-electron chi connectivity index (χ4n) is 4.07. The molecule has 27 heavy (non-hydrogen) atoms. The van der Waals surface area contributed by atoms with Crippen LogP contribution in [0.2, 0.25) is 0 Å². The van der Waals surface area contributed by atoms with Gasteiger partial charge in [-0.3, -0.25) is 10.1 Å². The van der Waals surface area contributed by atoms with E-state index in [9.17, 15) is 0 Å². The van der Waals surface area contributed by atoms with Crippen molar-refractivity contribution in [2.45, 2.75) is 25.7 Å².